The Morgan fingerprint density at radius 3 is 2.93 bits per heavy atom. The molecule has 28 heavy (non-hydrogen) atoms. The first-order chi connectivity index (χ1) is 13.6. The topological polar surface area (TPSA) is 78.9 Å². The number of hydrogen-bond acceptors (Lipinski definition) is 7. The monoisotopic (exact) mass is 397 g/mol. The number of oxazole rings is 1. The Labute approximate surface area is 164 Å². The van der Waals surface area contributed by atoms with Gasteiger partial charge in [-0.1, -0.05) is 23.9 Å². The highest BCUT2D eigenvalue weighted by molar-refractivity contribution is 7.98. The highest BCUT2D eigenvalue weighted by Gasteiger charge is 2.15. The van der Waals surface area contributed by atoms with Crippen molar-refractivity contribution in [3.8, 4) is 22.9 Å². The Bertz CT molecular complexity index is 1110. The van der Waals surface area contributed by atoms with E-state index in [0.29, 0.717) is 33.8 Å². The highest BCUT2D eigenvalue weighted by atomic mass is 32.2. The molecule has 0 saturated heterocycles. The summed E-state index contributed by atoms with van der Waals surface area (Å²) in [4.78, 5) is 4.41. The van der Waals surface area contributed by atoms with Gasteiger partial charge in [0.15, 0.2) is 0 Å². The van der Waals surface area contributed by atoms with Crippen molar-refractivity contribution < 1.29 is 13.5 Å². The zero-order valence-corrected chi connectivity index (χ0v) is 16.0. The molecule has 7 nitrogen and oxygen atoms in total. The summed E-state index contributed by atoms with van der Waals surface area (Å²) >= 11 is 1.41. The fourth-order valence-electron chi connectivity index (χ4n) is 2.65. The van der Waals surface area contributed by atoms with E-state index in [0.717, 1.165) is 11.3 Å². The van der Waals surface area contributed by atoms with Crippen LogP contribution in [0.5, 0.6) is 5.75 Å². The molecule has 4 aromatic rings. The summed E-state index contributed by atoms with van der Waals surface area (Å²) < 4.78 is 25.9. The van der Waals surface area contributed by atoms with Crippen LogP contribution >= 0.6 is 11.8 Å². The van der Waals surface area contributed by atoms with Crippen LogP contribution in [0.1, 0.15) is 11.3 Å². The molecule has 0 radical (unpaired) electrons. The Hall–Kier alpha value is -3.20. The largest absolute Gasteiger partial charge is 0.494 e. The molecule has 0 unspecified atom stereocenters. The van der Waals surface area contributed by atoms with Gasteiger partial charge in [0.2, 0.25) is 11.0 Å². The number of thioether (sulfide) groups is 1. The van der Waals surface area contributed by atoms with Crippen LogP contribution in [0.4, 0.5) is 4.39 Å². The molecule has 0 aliphatic carbocycles. The minimum Gasteiger partial charge on any atom is -0.494 e. The first kappa shape index (κ1) is 18.2. The molecule has 0 fully saturated rings. The molecule has 142 valence electrons. The summed E-state index contributed by atoms with van der Waals surface area (Å²) in [5.74, 6) is 1.20. The van der Waals surface area contributed by atoms with Gasteiger partial charge in [0, 0.05) is 11.3 Å². The smallest absolute Gasteiger partial charge is 0.226 e. The van der Waals surface area contributed by atoms with Crippen LogP contribution in [0, 0.1) is 12.7 Å². The number of rotatable bonds is 6. The number of tetrazole rings is 1. The van der Waals surface area contributed by atoms with Gasteiger partial charge in [0.25, 0.3) is 0 Å². The van der Waals surface area contributed by atoms with E-state index < -0.39 is 0 Å². The first-order valence-electron chi connectivity index (χ1n) is 8.40. The number of hydrogen-bond donors (Lipinski definition) is 0. The maximum atomic E-state index is 13.4. The molecule has 0 atom stereocenters. The van der Waals surface area contributed by atoms with Crippen molar-refractivity contribution in [2.45, 2.75) is 17.8 Å². The van der Waals surface area contributed by atoms with Gasteiger partial charge in [-0.25, -0.2) is 9.37 Å². The van der Waals surface area contributed by atoms with Crippen LogP contribution in [0.2, 0.25) is 0 Å². The minimum absolute atomic E-state index is 0.335. The van der Waals surface area contributed by atoms with Crippen LogP contribution in [-0.4, -0.2) is 32.3 Å². The van der Waals surface area contributed by atoms with Gasteiger partial charge < -0.3 is 9.15 Å². The van der Waals surface area contributed by atoms with Crippen LogP contribution in [0.25, 0.3) is 17.1 Å². The summed E-state index contributed by atoms with van der Waals surface area (Å²) in [6.45, 7) is 1.99. The molecule has 0 amide bonds. The third kappa shape index (κ3) is 3.74. The SMILES string of the molecule is COc1ccc(C)cc1-n1nnnc1SCc1coc(-c2cccc(F)c2)n1. The molecule has 0 spiro atoms. The van der Waals surface area contributed by atoms with E-state index in [9.17, 15) is 4.39 Å². The molecule has 9 heteroatoms. The van der Waals surface area contributed by atoms with Crippen molar-refractivity contribution in [3.63, 3.8) is 0 Å². The number of aromatic nitrogens is 5. The molecule has 4 rings (SSSR count). The Morgan fingerprint density at radius 2 is 2.11 bits per heavy atom. The van der Waals surface area contributed by atoms with E-state index in [1.807, 2.05) is 25.1 Å². The van der Waals surface area contributed by atoms with E-state index in [-0.39, 0.29) is 5.82 Å². The van der Waals surface area contributed by atoms with Crippen LogP contribution in [-0.2, 0) is 5.75 Å². The number of halogens is 1. The standard InChI is InChI=1S/C19H16FN5O2S/c1-12-6-7-17(26-2)16(8-12)25-19(22-23-24-25)28-11-15-10-27-18(21-15)13-4-3-5-14(20)9-13/h3-10H,11H2,1-2H3. The van der Waals surface area contributed by atoms with Crippen molar-refractivity contribution >= 4 is 11.8 Å². The second kappa shape index (κ2) is 7.81. The van der Waals surface area contributed by atoms with E-state index in [1.54, 1.807) is 30.2 Å². The average molecular weight is 397 g/mol. The summed E-state index contributed by atoms with van der Waals surface area (Å²) in [7, 11) is 1.61. The van der Waals surface area contributed by atoms with Gasteiger partial charge in [-0.3, -0.25) is 0 Å². The maximum absolute atomic E-state index is 13.4. The third-order valence-electron chi connectivity index (χ3n) is 3.98. The maximum Gasteiger partial charge on any atom is 0.226 e. The normalized spacial score (nSPS) is 11.0. The van der Waals surface area contributed by atoms with Crippen molar-refractivity contribution in [1.29, 1.82) is 0 Å². The molecule has 0 bridgehead atoms. The predicted molar refractivity (Wildman–Crippen MR) is 102 cm³/mol. The Balaban J connectivity index is 1.53. The summed E-state index contributed by atoms with van der Waals surface area (Å²) in [6.07, 6.45) is 1.55. The second-order valence-corrected chi connectivity index (χ2v) is 6.93. The summed E-state index contributed by atoms with van der Waals surface area (Å²) in [5, 5.41) is 12.5. The summed E-state index contributed by atoms with van der Waals surface area (Å²) in [6, 6.07) is 11.9. The molecule has 0 aliphatic rings. The van der Waals surface area contributed by atoms with Crippen molar-refractivity contribution in [3.05, 3.63) is 65.8 Å². The fourth-order valence-corrected chi connectivity index (χ4v) is 3.41. The Morgan fingerprint density at radius 1 is 1.21 bits per heavy atom. The van der Waals surface area contributed by atoms with E-state index >= 15 is 0 Å². The van der Waals surface area contributed by atoms with E-state index in [1.165, 1.54) is 23.9 Å². The molecular formula is C19H16FN5O2S. The van der Waals surface area contributed by atoms with Crippen molar-refractivity contribution in [2.75, 3.05) is 7.11 Å². The number of aryl methyl sites for hydroxylation is 1. The molecular weight excluding hydrogens is 381 g/mol. The van der Waals surface area contributed by atoms with Gasteiger partial charge in [0.05, 0.1) is 12.8 Å². The second-order valence-electron chi connectivity index (χ2n) is 5.99. The third-order valence-corrected chi connectivity index (χ3v) is 4.93. The average Bonchev–Trinajstić information content (AvgIpc) is 3.36. The number of nitrogens with zero attached hydrogens (tertiary/aromatic N) is 5. The van der Waals surface area contributed by atoms with Crippen molar-refractivity contribution in [1.82, 2.24) is 25.2 Å². The Kier molecular flexibility index (Phi) is 5.07. The van der Waals surface area contributed by atoms with E-state index in [2.05, 4.69) is 20.5 Å². The molecule has 0 saturated carbocycles. The first-order valence-corrected chi connectivity index (χ1v) is 9.39. The van der Waals surface area contributed by atoms with Crippen molar-refractivity contribution in [2.24, 2.45) is 0 Å². The van der Waals surface area contributed by atoms with Gasteiger partial charge >= 0.3 is 0 Å². The highest BCUT2D eigenvalue weighted by Crippen LogP contribution is 2.29. The van der Waals surface area contributed by atoms with Crippen LogP contribution in [0.3, 0.4) is 0 Å². The summed E-state index contributed by atoms with van der Waals surface area (Å²) in [5.41, 5.74) is 3.12. The van der Waals surface area contributed by atoms with Gasteiger partial charge in [0.1, 0.15) is 23.5 Å². The van der Waals surface area contributed by atoms with Crippen LogP contribution < -0.4 is 4.74 Å². The lowest BCUT2D eigenvalue weighted by molar-refractivity contribution is 0.410. The predicted octanol–water partition coefficient (Wildman–Crippen LogP) is 4.07. The lowest BCUT2D eigenvalue weighted by atomic mass is 10.2. The number of methoxy groups -OCH3 is 1. The van der Waals surface area contributed by atoms with E-state index in [4.69, 9.17) is 9.15 Å². The number of ether oxygens (including phenoxy) is 1. The lowest BCUT2D eigenvalue weighted by Crippen LogP contribution is -2.02. The molecule has 2 heterocycles. The van der Waals surface area contributed by atoms with Gasteiger partial charge in [-0.15, -0.1) is 5.10 Å². The molecule has 2 aromatic heterocycles. The zero-order valence-electron chi connectivity index (χ0n) is 15.2. The fraction of sp³-hybridized carbons (Fsp3) is 0.158. The quantitative estimate of drug-likeness (QED) is 0.454. The zero-order chi connectivity index (χ0) is 19.5. The van der Waals surface area contributed by atoms with Gasteiger partial charge in [-0.2, -0.15) is 4.68 Å². The van der Waals surface area contributed by atoms with Gasteiger partial charge in [-0.05, 0) is 53.2 Å². The minimum atomic E-state index is -0.335. The molecule has 0 N–H and O–H groups in total. The molecule has 0 aliphatic heterocycles. The lowest BCUT2D eigenvalue weighted by Gasteiger charge is -2.10. The molecule has 2 aromatic carbocycles. The number of benzene rings is 2. The van der Waals surface area contributed by atoms with Crippen LogP contribution in [0.15, 0.2) is 58.3 Å².